The van der Waals surface area contributed by atoms with E-state index in [1.165, 1.54) is 18.4 Å². The molecule has 0 unspecified atom stereocenters. The lowest BCUT2D eigenvalue weighted by Gasteiger charge is -2.37. The number of hydrogen-bond acceptors (Lipinski definition) is 2. The maximum absolute atomic E-state index is 9.46. The quantitative estimate of drug-likeness (QED) is 0.811. The highest BCUT2D eigenvalue weighted by atomic mass is 15.1. The van der Waals surface area contributed by atoms with Gasteiger partial charge in [-0.3, -0.25) is 4.90 Å². The molecule has 1 aromatic carbocycles. The summed E-state index contributed by atoms with van der Waals surface area (Å²) in [5, 5.41) is 9.46. The van der Waals surface area contributed by atoms with Gasteiger partial charge in [0, 0.05) is 19.6 Å². The van der Waals surface area contributed by atoms with Crippen molar-refractivity contribution in [3.05, 3.63) is 35.9 Å². The van der Waals surface area contributed by atoms with E-state index in [4.69, 9.17) is 0 Å². The van der Waals surface area contributed by atoms with E-state index < -0.39 is 0 Å². The van der Waals surface area contributed by atoms with Crippen molar-refractivity contribution in [2.45, 2.75) is 32.2 Å². The Bertz CT molecular complexity index is 434. The lowest BCUT2D eigenvalue weighted by molar-refractivity contribution is 0.123. The Morgan fingerprint density at radius 3 is 2.39 bits per heavy atom. The largest absolute Gasteiger partial charge is 0.299 e. The Morgan fingerprint density at radius 1 is 1.17 bits per heavy atom. The van der Waals surface area contributed by atoms with Gasteiger partial charge in [0.25, 0.3) is 0 Å². The van der Waals surface area contributed by atoms with E-state index in [0.717, 1.165) is 32.5 Å². The van der Waals surface area contributed by atoms with Crippen LogP contribution in [-0.4, -0.2) is 18.0 Å². The summed E-state index contributed by atoms with van der Waals surface area (Å²) in [6.45, 7) is 3.20. The van der Waals surface area contributed by atoms with Gasteiger partial charge < -0.3 is 0 Å². The highest BCUT2D eigenvalue weighted by Crippen LogP contribution is 2.51. The van der Waals surface area contributed by atoms with Crippen molar-refractivity contribution >= 4 is 0 Å². The van der Waals surface area contributed by atoms with E-state index >= 15 is 0 Å². The van der Waals surface area contributed by atoms with Crippen LogP contribution in [0.4, 0.5) is 0 Å². The Labute approximate surface area is 109 Å². The molecule has 1 aromatic rings. The van der Waals surface area contributed by atoms with E-state index in [-0.39, 0.29) is 5.41 Å². The van der Waals surface area contributed by atoms with Gasteiger partial charge in [-0.2, -0.15) is 5.26 Å². The number of nitriles is 1. The van der Waals surface area contributed by atoms with Crippen molar-refractivity contribution in [2.24, 2.45) is 11.3 Å². The van der Waals surface area contributed by atoms with E-state index in [9.17, 15) is 5.26 Å². The van der Waals surface area contributed by atoms with Crippen molar-refractivity contribution in [1.29, 1.82) is 5.26 Å². The molecule has 1 heterocycles. The average molecular weight is 240 g/mol. The van der Waals surface area contributed by atoms with Crippen LogP contribution in [0.15, 0.2) is 30.3 Å². The molecule has 2 nitrogen and oxygen atoms in total. The number of benzene rings is 1. The number of piperidine rings is 1. The van der Waals surface area contributed by atoms with Gasteiger partial charge in [-0.15, -0.1) is 0 Å². The minimum absolute atomic E-state index is 0.0210. The molecule has 94 valence electrons. The van der Waals surface area contributed by atoms with Crippen molar-refractivity contribution in [2.75, 3.05) is 13.1 Å². The monoisotopic (exact) mass is 240 g/mol. The third-order valence-electron chi connectivity index (χ3n) is 4.58. The SMILES string of the molecule is N#CC1(C2CC2)CCN(Cc2ccccc2)CC1. The number of rotatable bonds is 3. The summed E-state index contributed by atoms with van der Waals surface area (Å²) in [4.78, 5) is 2.49. The lowest BCUT2D eigenvalue weighted by Crippen LogP contribution is -2.40. The highest BCUT2D eigenvalue weighted by Gasteiger charge is 2.47. The second-order valence-corrected chi connectivity index (χ2v) is 5.80. The van der Waals surface area contributed by atoms with Crippen LogP contribution in [0, 0.1) is 22.7 Å². The summed E-state index contributed by atoms with van der Waals surface area (Å²) in [7, 11) is 0. The fourth-order valence-electron chi connectivity index (χ4n) is 3.20. The van der Waals surface area contributed by atoms with Crippen molar-refractivity contribution in [1.82, 2.24) is 4.90 Å². The zero-order valence-electron chi connectivity index (χ0n) is 10.8. The fraction of sp³-hybridized carbons (Fsp3) is 0.562. The zero-order chi connectivity index (χ0) is 12.4. The standard InChI is InChI=1S/C16H20N2/c17-13-16(15-6-7-15)8-10-18(11-9-16)12-14-4-2-1-3-5-14/h1-5,15H,6-12H2. The zero-order valence-corrected chi connectivity index (χ0v) is 10.8. The van der Waals surface area contributed by atoms with Gasteiger partial charge in [0.15, 0.2) is 0 Å². The first-order valence-corrected chi connectivity index (χ1v) is 7.00. The van der Waals surface area contributed by atoms with Crippen molar-refractivity contribution < 1.29 is 0 Å². The van der Waals surface area contributed by atoms with Crippen LogP contribution in [0.3, 0.4) is 0 Å². The Balaban J connectivity index is 1.59. The number of nitrogens with zero attached hydrogens (tertiary/aromatic N) is 2. The summed E-state index contributed by atoms with van der Waals surface area (Å²) >= 11 is 0. The molecule has 18 heavy (non-hydrogen) atoms. The second kappa shape index (κ2) is 4.74. The van der Waals surface area contributed by atoms with E-state index in [1.807, 2.05) is 0 Å². The van der Waals surface area contributed by atoms with Gasteiger partial charge in [-0.1, -0.05) is 30.3 Å². The molecule has 3 rings (SSSR count). The van der Waals surface area contributed by atoms with Crippen LogP contribution in [0.25, 0.3) is 0 Å². The van der Waals surface area contributed by atoms with Crippen LogP contribution in [0.2, 0.25) is 0 Å². The summed E-state index contributed by atoms with van der Waals surface area (Å²) in [6.07, 6.45) is 4.71. The van der Waals surface area contributed by atoms with Gasteiger partial charge in [-0.05, 0) is 37.2 Å². The lowest BCUT2D eigenvalue weighted by atomic mass is 9.75. The van der Waals surface area contributed by atoms with Gasteiger partial charge in [0.05, 0.1) is 11.5 Å². The van der Waals surface area contributed by atoms with Crippen LogP contribution in [0.5, 0.6) is 0 Å². The number of hydrogen-bond donors (Lipinski definition) is 0. The van der Waals surface area contributed by atoms with Crippen LogP contribution >= 0.6 is 0 Å². The molecule has 1 saturated heterocycles. The first-order chi connectivity index (χ1) is 8.82. The third kappa shape index (κ3) is 2.28. The summed E-state index contributed by atoms with van der Waals surface area (Å²) in [6, 6.07) is 13.3. The molecule has 2 fully saturated rings. The predicted molar refractivity (Wildman–Crippen MR) is 71.7 cm³/mol. The maximum Gasteiger partial charge on any atom is 0.0693 e. The van der Waals surface area contributed by atoms with Gasteiger partial charge in [0.1, 0.15) is 0 Å². The maximum atomic E-state index is 9.46. The van der Waals surface area contributed by atoms with Crippen molar-refractivity contribution in [3.8, 4) is 6.07 Å². The van der Waals surface area contributed by atoms with Crippen LogP contribution in [-0.2, 0) is 6.54 Å². The predicted octanol–water partition coefficient (Wildman–Crippen LogP) is 3.20. The minimum atomic E-state index is 0.0210. The molecule has 0 amide bonds. The van der Waals surface area contributed by atoms with E-state index in [2.05, 4.69) is 41.3 Å². The summed E-state index contributed by atoms with van der Waals surface area (Å²) in [5.41, 5.74) is 1.40. The molecule has 1 aliphatic heterocycles. The van der Waals surface area contributed by atoms with Gasteiger partial charge in [-0.25, -0.2) is 0 Å². The van der Waals surface area contributed by atoms with Gasteiger partial charge >= 0.3 is 0 Å². The molecule has 2 heteroatoms. The molecule has 0 spiro atoms. The smallest absolute Gasteiger partial charge is 0.0693 e. The van der Waals surface area contributed by atoms with Crippen LogP contribution < -0.4 is 0 Å². The highest BCUT2D eigenvalue weighted by molar-refractivity contribution is 5.15. The molecule has 0 aromatic heterocycles. The molecule has 1 aliphatic carbocycles. The molecule has 0 bridgehead atoms. The van der Waals surface area contributed by atoms with Crippen molar-refractivity contribution in [3.63, 3.8) is 0 Å². The molecule has 1 saturated carbocycles. The Hall–Kier alpha value is -1.33. The minimum Gasteiger partial charge on any atom is -0.299 e. The second-order valence-electron chi connectivity index (χ2n) is 5.80. The van der Waals surface area contributed by atoms with Gasteiger partial charge in [0.2, 0.25) is 0 Å². The topological polar surface area (TPSA) is 27.0 Å². The fourth-order valence-corrected chi connectivity index (χ4v) is 3.20. The Morgan fingerprint density at radius 2 is 1.83 bits per heavy atom. The molecule has 0 atom stereocenters. The summed E-state index contributed by atoms with van der Waals surface area (Å²) < 4.78 is 0. The first-order valence-electron chi connectivity index (χ1n) is 7.00. The average Bonchev–Trinajstić information content (AvgIpc) is 3.26. The number of likely N-dealkylation sites (tertiary alicyclic amines) is 1. The molecular formula is C16H20N2. The first kappa shape index (κ1) is 11.7. The summed E-state index contributed by atoms with van der Waals surface area (Å²) in [5.74, 6) is 0.710. The molecule has 0 radical (unpaired) electrons. The molecule has 0 N–H and O–H groups in total. The van der Waals surface area contributed by atoms with E-state index in [0.29, 0.717) is 5.92 Å². The van der Waals surface area contributed by atoms with E-state index in [1.54, 1.807) is 0 Å². The molecular weight excluding hydrogens is 220 g/mol. The molecule has 2 aliphatic rings. The Kier molecular flexibility index (Phi) is 3.09. The normalized spacial score (nSPS) is 23.5. The third-order valence-corrected chi connectivity index (χ3v) is 4.58. The van der Waals surface area contributed by atoms with Crippen LogP contribution in [0.1, 0.15) is 31.2 Å².